The summed E-state index contributed by atoms with van der Waals surface area (Å²) < 4.78 is 11.7. The normalized spacial score (nSPS) is 11.7. The summed E-state index contributed by atoms with van der Waals surface area (Å²) in [7, 11) is 0. The van der Waals surface area contributed by atoms with Gasteiger partial charge in [-0.3, -0.25) is 9.59 Å². The summed E-state index contributed by atoms with van der Waals surface area (Å²) in [6.07, 6.45) is -0.163. The summed E-state index contributed by atoms with van der Waals surface area (Å²) in [5, 5.41) is 21.1. The fourth-order valence-corrected chi connectivity index (χ4v) is 4.45. The van der Waals surface area contributed by atoms with E-state index in [1.165, 1.54) is 0 Å². The zero-order valence-corrected chi connectivity index (χ0v) is 21.9. The molecule has 0 atom stereocenters. The van der Waals surface area contributed by atoms with Gasteiger partial charge in [-0.1, -0.05) is 12.1 Å². The largest absolute Gasteiger partial charge is 0.481 e. The summed E-state index contributed by atoms with van der Waals surface area (Å²) >= 11 is 0. The van der Waals surface area contributed by atoms with Gasteiger partial charge in [-0.05, 0) is 83.9 Å². The topological polar surface area (TPSA) is 177 Å². The lowest BCUT2D eigenvalue weighted by molar-refractivity contribution is -0.137. The van der Waals surface area contributed by atoms with Crippen molar-refractivity contribution in [3.8, 4) is 22.9 Å². The molecule has 11 heteroatoms. The van der Waals surface area contributed by atoms with Crippen LogP contribution in [0.5, 0.6) is 0 Å². The number of anilines is 1. The minimum absolute atomic E-state index is 0.0810. The number of aliphatic imine (C=N–C) groups is 1. The highest BCUT2D eigenvalue weighted by atomic mass is 16.4. The molecule has 4 aromatic carbocycles. The number of carbonyl (C=O) groups is 2. The predicted octanol–water partition coefficient (Wildman–Crippen LogP) is 5.62. The van der Waals surface area contributed by atoms with E-state index >= 15 is 0 Å². The molecular weight excluding hydrogens is 538 g/mol. The van der Waals surface area contributed by atoms with Crippen molar-refractivity contribution in [2.24, 2.45) is 10.7 Å². The summed E-state index contributed by atoms with van der Waals surface area (Å²) in [5.41, 5.74) is 12.6. The van der Waals surface area contributed by atoms with Gasteiger partial charge in [0, 0.05) is 16.8 Å². The van der Waals surface area contributed by atoms with Crippen molar-refractivity contribution in [3.05, 3.63) is 96.1 Å². The van der Waals surface area contributed by atoms with Gasteiger partial charge in [0.15, 0.2) is 17.1 Å². The molecule has 0 radical (unpaired) electrons. The van der Waals surface area contributed by atoms with E-state index in [1.807, 2.05) is 36.4 Å². The molecule has 208 valence electrons. The first kappa shape index (κ1) is 26.3. The van der Waals surface area contributed by atoms with Crippen molar-refractivity contribution >= 4 is 51.5 Å². The van der Waals surface area contributed by atoms with Gasteiger partial charge in [-0.2, -0.15) is 0 Å². The van der Waals surface area contributed by atoms with E-state index in [2.05, 4.69) is 20.3 Å². The van der Waals surface area contributed by atoms with E-state index < -0.39 is 11.9 Å². The van der Waals surface area contributed by atoms with Gasteiger partial charge >= 0.3 is 11.9 Å². The number of rotatable bonds is 8. The van der Waals surface area contributed by atoms with Crippen molar-refractivity contribution in [2.75, 3.05) is 5.32 Å². The molecule has 0 saturated carbocycles. The molecule has 5 N–H and O–H groups in total. The number of aromatic nitrogens is 2. The molecule has 0 fully saturated rings. The van der Waals surface area contributed by atoms with Crippen LogP contribution in [0.1, 0.15) is 11.1 Å². The third-order valence-electron chi connectivity index (χ3n) is 6.38. The van der Waals surface area contributed by atoms with E-state index in [-0.39, 0.29) is 18.8 Å². The van der Waals surface area contributed by atoms with Crippen LogP contribution in [0.4, 0.5) is 11.4 Å². The Hall–Kier alpha value is -5.97. The SMILES string of the molecule is NC(=Nc1ccc(-c2nc3cc(CC(=O)O)ccc3o2)cc1)Nc1ccc(-c2nc3cc(CC(=O)O)ccc3o2)cc1. The monoisotopic (exact) mass is 561 g/mol. The van der Waals surface area contributed by atoms with Gasteiger partial charge in [0.1, 0.15) is 11.0 Å². The highest BCUT2D eigenvalue weighted by molar-refractivity contribution is 5.94. The number of guanidine groups is 1. The number of aliphatic carboxylic acids is 2. The van der Waals surface area contributed by atoms with Crippen LogP contribution in [0.3, 0.4) is 0 Å². The molecule has 42 heavy (non-hydrogen) atoms. The number of carboxylic acid groups (broad SMARTS) is 2. The van der Waals surface area contributed by atoms with Crippen LogP contribution in [0.25, 0.3) is 45.1 Å². The second-order valence-electron chi connectivity index (χ2n) is 9.53. The predicted molar refractivity (Wildman–Crippen MR) is 156 cm³/mol. The Morgan fingerprint density at radius 3 is 1.67 bits per heavy atom. The molecule has 0 unspecified atom stereocenters. The van der Waals surface area contributed by atoms with Crippen molar-refractivity contribution < 1.29 is 28.6 Å². The number of nitrogens with one attached hydrogen (secondary N) is 1. The van der Waals surface area contributed by atoms with Gasteiger partial charge in [0.05, 0.1) is 18.5 Å². The third kappa shape index (κ3) is 5.80. The smallest absolute Gasteiger partial charge is 0.307 e. The number of carboxylic acids is 2. The number of hydrogen-bond donors (Lipinski definition) is 4. The van der Waals surface area contributed by atoms with E-state index in [0.29, 0.717) is 56.5 Å². The Morgan fingerprint density at radius 1 is 0.714 bits per heavy atom. The lowest BCUT2D eigenvalue weighted by Gasteiger charge is -2.06. The van der Waals surface area contributed by atoms with Crippen LogP contribution in [0.2, 0.25) is 0 Å². The highest BCUT2D eigenvalue weighted by Gasteiger charge is 2.12. The Labute approximate surface area is 238 Å². The first-order chi connectivity index (χ1) is 20.3. The minimum Gasteiger partial charge on any atom is -0.481 e. The highest BCUT2D eigenvalue weighted by Crippen LogP contribution is 2.28. The van der Waals surface area contributed by atoms with Crippen LogP contribution >= 0.6 is 0 Å². The lowest BCUT2D eigenvalue weighted by atomic mass is 10.1. The van der Waals surface area contributed by atoms with Crippen molar-refractivity contribution in [1.29, 1.82) is 0 Å². The third-order valence-corrected chi connectivity index (χ3v) is 6.38. The van der Waals surface area contributed by atoms with E-state index in [9.17, 15) is 9.59 Å². The number of nitrogens with two attached hydrogens (primary N) is 1. The summed E-state index contributed by atoms with van der Waals surface area (Å²) in [5.74, 6) is -0.785. The molecule has 11 nitrogen and oxygen atoms in total. The zero-order chi connectivity index (χ0) is 29.2. The fourth-order valence-electron chi connectivity index (χ4n) is 4.45. The van der Waals surface area contributed by atoms with Gasteiger partial charge in [0.25, 0.3) is 0 Å². The maximum absolute atomic E-state index is 11.0. The maximum Gasteiger partial charge on any atom is 0.307 e. The van der Waals surface area contributed by atoms with Crippen LogP contribution in [-0.4, -0.2) is 38.1 Å². The van der Waals surface area contributed by atoms with Crippen LogP contribution in [0, 0.1) is 0 Å². The standard InChI is InChI=1S/C31H23N5O6/c32-31(33-21-7-3-19(4-8-21)29-35-23-13-17(15-27(37)38)1-11-25(23)41-29)34-22-9-5-20(6-10-22)30-36-24-14-18(16-28(39)40)2-12-26(24)42-30/h1-14H,15-16H2,(H,37,38)(H,39,40)(H3,32,33,34). The van der Waals surface area contributed by atoms with Crippen LogP contribution < -0.4 is 11.1 Å². The average Bonchev–Trinajstić information content (AvgIpc) is 3.57. The van der Waals surface area contributed by atoms with Gasteiger partial charge < -0.3 is 30.1 Å². The molecule has 0 spiro atoms. The summed E-state index contributed by atoms with van der Waals surface area (Å²) in [6.45, 7) is 0. The Bertz CT molecular complexity index is 1970. The minimum atomic E-state index is -0.907. The molecule has 0 bridgehead atoms. The number of hydrogen-bond acceptors (Lipinski definition) is 7. The lowest BCUT2D eigenvalue weighted by Crippen LogP contribution is -2.21. The number of fused-ring (bicyclic) bond motifs is 2. The van der Waals surface area contributed by atoms with Crippen molar-refractivity contribution in [2.45, 2.75) is 12.8 Å². The van der Waals surface area contributed by atoms with Gasteiger partial charge in [0.2, 0.25) is 11.8 Å². The van der Waals surface area contributed by atoms with Crippen molar-refractivity contribution in [1.82, 2.24) is 9.97 Å². The molecule has 6 aromatic rings. The molecule has 2 heterocycles. The molecule has 0 saturated heterocycles. The number of oxazole rings is 2. The molecule has 6 rings (SSSR count). The molecule has 0 amide bonds. The zero-order valence-electron chi connectivity index (χ0n) is 21.9. The van der Waals surface area contributed by atoms with E-state index in [0.717, 1.165) is 11.1 Å². The maximum atomic E-state index is 11.0. The van der Waals surface area contributed by atoms with Crippen LogP contribution in [-0.2, 0) is 22.4 Å². The van der Waals surface area contributed by atoms with Crippen molar-refractivity contribution in [3.63, 3.8) is 0 Å². The molecule has 0 aliphatic rings. The fraction of sp³-hybridized carbons (Fsp3) is 0.0645. The number of nitrogens with zero attached hydrogens (tertiary/aromatic N) is 3. The molecular formula is C31H23N5O6. The average molecular weight is 562 g/mol. The van der Waals surface area contributed by atoms with Crippen LogP contribution in [0.15, 0.2) is 98.8 Å². The Morgan fingerprint density at radius 2 is 1.19 bits per heavy atom. The second kappa shape index (κ2) is 10.9. The quantitative estimate of drug-likeness (QED) is 0.135. The first-order valence-electron chi connectivity index (χ1n) is 12.8. The summed E-state index contributed by atoms with van der Waals surface area (Å²) in [4.78, 5) is 35.4. The van der Waals surface area contributed by atoms with Gasteiger partial charge in [-0.15, -0.1) is 0 Å². The molecule has 0 aliphatic heterocycles. The second-order valence-corrected chi connectivity index (χ2v) is 9.53. The summed E-state index contributed by atoms with van der Waals surface area (Å²) in [6, 6.07) is 24.8. The van der Waals surface area contributed by atoms with E-state index in [1.54, 1.807) is 48.5 Å². The van der Waals surface area contributed by atoms with Gasteiger partial charge in [-0.25, -0.2) is 15.0 Å². The number of benzene rings is 4. The first-order valence-corrected chi connectivity index (χ1v) is 12.8. The molecule has 2 aromatic heterocycles. The molecule has 0 aliphatic carbocycles. The Balaban J connectivity index is 1.12. The Kier molecular flexibility index (Phi) is 6.81. The van der Waals surface area contributed by atoms with E-state index in [4.69, 9.17) is 24.8 Å².